The van der Waals surface area contributed by atoms with Gasteiger partial charge in [-0.2, -0.15) is 0 Å². The average molecular weight is 223 g/mol. The summed E-state index contributed by atoms with van der Waals surface area (Å²) in [5.41, 5.74) is 1.19. The fourth-order valence-electron chi connectivity index (χ4n) is 1.24. The van der Waals surface area contributed by atoms with E-state index >= 15 is 0 Å². The van der Waals surface area contributed by atoms with Gasteiger partial charge in [-0.1, -0.05) is 11.6 Å². The van der Waals surface area contributed by atoms with Gasteiger partial charge in [0, 0.05) is 24.9 Å². The SMILES string of the molecule is Clc1cnc(NCCc2ccc[nH]2)nc1. The first-order chi connectivity index (χ1) is 7.34. The van der Waals surface area contributed by atoms with Crippen LogP contribution in [0, 0.1) is 0 Å². The van der Waals surface area contributed by atoms with Crippen molar-refractivity contribution in [2.75, 3.05) is 11.9 Å². The molecule has 0 aliphatic carbocycles. The first kappa shape index (κ1) is 9.98. The average Bonchev–Trinajstić information content (AvgIpc) is 2.74. The number of anilines is 1. The van der Waals surface area contributed by atoms with Crippen molar-refractivity contribution in [1.29, 1.82) is 0 Å². The molecule has 78 valence electrons. The summed E-state index contributed by atoms with van der Waals surface area (Å²) in [6.07, 6.45) is 5.98. The molecule has 4 nitrogen and oxygen atoms in total. The fraction of sp³-hybridized carbons (Fsp3) is 0.200. The van der Waals surface area contributed by atoms with Gasteiger partial charge in [0.1, 0.15) is 0 Å². The summed E-state index contributed by atoms with van der Waals surface area (Å²) >= 11 is 5.67. The number of hydrogen-bond donors (Lipinski definition) is 2. The monoisotopic (exact) mass is 222 g/mol. The van der Waals surface area contributed by atoms with Gasteiger partial charge in [0.2, 0.25) is 5.95 Å². The van der Waals surface area contributed by atoms with E-state index in [0.717, 1.165) is 13.0 Å². The van der Waals surface area contributed by atoms with Crippen molar-refractivity contribution in [2.45, 2.75) is 6.42 Å². The van der Waals surface area contributed by atoms with E-state index in [1.165, 1.54) is 5.69 Å². The van der Waals surface area contributed by atoms with Crippen molar-refractivity contribution in [2.24, 2.45) is 0 Å². The fourth-order valence-corrected chi connectivity index (χ4v) is 1.33. The summed E-state index contributed by atoms with van der Waals surface area (Å²) in [6.45, 7) is 0.794. The largest absolute Gasteiger partial charge is 0.365 e. The van der Waals surface area contributed by atoms with E-state index in [2.05, 4.69) is 20.3 Å². The van der Waals surface area contributed by atoms with Crippen LogP contribution in [-0.2, 0) is 6.42 Å². The van der Waals surface area contributed by atoms with Crippen LogP contribution in [0.15, 0.2) is 30.7 Å². The molecule has 2 aromatic rings. The van der Waals surface area contributed by atoms with Crippen LogP contribution >= 0.6 is 11.6 Å². The van der Waals surface area contributed by atoms with Crippen LogP contribution in [0.25, 0.3) is 0 Å². The van der Waals surface area contributed by atoms with E-state index in [4.69, 9.17) is 11.6 Å². The Morgan fingerprint density at radius 1 is 1.33 bits per heavy atom. The predicted molar refractivity (Wildman–Crippen MR) is 60.0 cm³/mol. The number of aromatic nitrogens is 3. The lowest BCUT2D eigenvalue weighted by Gasteiger charge is -2.02. The summed E-state index contributed by atoms with van der Waals surface area (Å²) in [5.74, 6) is 0.603. The zero-order chi connectivity index (χ0) is 10.5. The van der Waals surface area contributed by atoms with Crippen LogP contribution in [0.5, 0.6) is 0 Å². The van der Waals surface area contributed by atoms with Crippen molar-refractivity contribution in [3.8, 4) is 0 Å². The molecule has 2 heterocycles. The van der Waals surface area contributed by atoms with Gasteiger partial charge in [-0.3, -0.25) is 0 Å². The minimum absolute atomic E-state index is 0.546. The van der Waals surface area contributed by atoms with Gasteiger partial charge in [-0.05, 0) is 12.1 Å². The van der Waals surface area contributed by atoms with E-state index in [1.54, 1.807) is 12.4 Å². The molecule has 2 aromatic heterocycles. The topological polar surface area (TPSA) is 53.6 Å². The second-order valence-corrected chi connectivity index (χ2v) is 3.53. The molecule has 0 bridgehead atoms. The molecule has 0 saturated heterocycles. The van der Waals surface area contributed by atoms with Gasteiger partial charge in [0.15, 0.2) is 0 Å². The number of halogens is 1. The highest BCUT2D eigenvalue weighted by molar-refractivity contribution is 6.30. The maximum absolute atomic E-state index is 5.67. The van der Waals surface area contributed by atoms with Crippen LogP contribution < -0.4 is 5.32 Å². The molecular weight excluding hydrogens is 212 g/mol. The number of hydrogen-bond acceptors (Lipinski definition) is 3. The number of H-pyrrole nitrogens is 1. The first-order valence-corrected chi connectivity index (χ1v) is 5.06. The lowest BCUT2D eigenvalue weighted by Crippen LogP contribution is -2.07. The molecule has 0 unspecified atom stereocenters. The number of aromatic amines is 1. The Balaban J connectivity index is 1.81. The van der Waals surface area contributed by atoms with Crippen LogP contribution in [0.2, 0.25) is 5.02 Å². The molecule has 0 aromatic carbocycles. The van der Waals surface area contributed by atoms with Gasteiger partial charge in [-0.25, -0.2) is 9.97 Å². The van der Waals surface area contributed by atoms with Gasteiger partial charge in [-0.15, -0.1) is 0 Å². The van der Waals surface area contributed by atoms with Gasteiger partial charge >= 0.3 is 0 Å². The Hall–Kier alpha value is -1.55. The molecule has 0 aliphatic heterocycles. The third-order valence-electron chi connectivity index (χ3n) is 1.96. The molecule has 0 amide bonds. The lowest BCUT2D eigenvalue weighted by atomic mass is 10.3. The van der Waals surface area contributed by atoms with E-state index < -0.39 is 0 Å². The Labute approximate surface area is 92.7 Å². The molecule has 0 spiro atoms. The van der Waals surface area contributed by atoms with Gasteiger partial charge < -0.3 is 10.3 Å². The minimum Gasteiger partial charge on any atom is -0.365 e. The quantitative estimate of drug-likeness (QED) is 0.833. The molecule has 0 aliphatic rings. The number of nitrogens with one attached hydrogen (secondary N) is 2. The smallest absolute Gasteiger partial charge is 0.222 e. The van der Waals surface area contributed by atoms with Crippen molar-refractivity contribution in [3.63, 3.8) is 0 Å². The predicted octanol–water partition coefficient (Wildman–Crippen LogP) is 2.11. The maximum Gasteiger partial charge on any atom is 0.222 e. The molecule has 0 saturated carbocycles. The summed E-state index contributed by atoms with van der Waals surface area (Å²) in [7, 11) is 0. The Morgan fingerprint density at radius 2 is 2.13 bits per heavy atom. The number of rotatable bonds is 4. The van der Waals surface area contributed by atoms with E-state index in [-0.39, 0.29) is 0 Å². The standard InChI is InChI=1S/C10H11ClN4/c11-8-6-14-10(15-7-8)13-5-3-9-2-1-4-12-9/h1-2,4,6-7,12H,3,5H2,(H,13,14,15). The molecule has 5 heteroatoms. The van der Waals surface area contributed by atoms with Gasteiger partial charge in [0.05, 0.1) is 17.4 Å². The van der Waals surface area contributed by atoms with Crippen molar-refractivity contribution in [3.05, 3.63) is 41.4 Å². The molecule has 2 N–H and O–H groups in total. The maximum atomic E-state index is 5.67. The van der Waals surface area contributed by atoms with Crippen LogP contribution in [0.1, 0.15) is 5.69 Å². The van der Waals surface area contributed by atoms with Crippen LogP contribution in [0.4, 0.5) is 5.95 Å². The second kappa shape index (κ2) is 4.79. The highest BCUT2D eigenvalue weighted by Crippen LogP contribution is 2.05. The molecule has 0 fully saturated rings. The summed E-state index contributed by atoms with van der Waals surface area (Å²) < 4.78 is 0. The molecule has 0 radical (unpaired) electrons. The highest BCUT2D eigenvalue weighted by atomic mass is 35.5. The summed E-state index contributed by atoms with van der Waals surface area (Å²) in [6, 6.07) is 4.03. The van der Waals surface area contributed by atoms with E-state index in [9.17, 15) is 0 Å². The Kier molecular flexibility index (Phi) is 3.19. The lowest BCUT2D eigenvalue weighted by molar-refractivity contribution is 0.953. The highest BCUT2D eigenvalue weighted by Gasteiger charge is 1.96. The van der Waals surface area contributed by atoms with E-state index in [1.807, 2.05) is 18.3 Å². The minimum atomic E-state index is 0.546. The molecular formula is C10H11ClN4. The van der Waals surface area contributed by atoms with Gasteiger partial charge in [0.25, 0.3) is 0 Å². The third-order valence-corrected chi connectivity index (χ3v) is 2.16. The molecule has 0 atom stereocenters. The zero-order valence-corrected chi connectivity index (χ0v) is 8.83. The Morgan fingerprint density at radius 3 is 2.80 bits per heavy atom. The van der Waals surface area contributed by atoms with Crippen LogP contribution in [0.3, 0.4) is 0 Å². The number of nitrogens with zero attached hydrogens (tertiary/aromatic N) is 2. The zero-order valence-electron chi connectivity index (χ0n) is 8.07. The first-order valence-electron chi connectivity index (χ1n) is 4.68. The van der Waals surface area contributed by atoms with Crippen molar-refractivity contribution in [1.82, 2.24) is 15.0 Å². The van der Waals surface area contributed by atoms with Crippen molar-refractivity contribution < 1.29 is 0 Å². The normalized spacial score (nSPS) is 10.2. The third kappa shape index (κ3) is 2.95. The molecule has 15 heavy (non-hydrogen) atoms. The molecule has 2 rings (SSSR count). The Bertz CT molecular complexity index is 396. The van der Waals surface area contributed by atoms with E-state index in [0.29, 0.717) is 11.0 Å². The van der Waals surface area contributed by atoms with Crippen molar-refractivity contribution >= 4 is 17.5 Å². The summed E-state index contributed by atoms with van der Waals surface area (Å²) in [4.78, 5) is 11.2. The summed E-state index contributed by atoms with van der Waals surface area (Å²) in [5, 5.41) is 3.66. The van der Waals surface area contributed by atoms with Crippen LogP contribution in [-0.4, -0.2) is 21.5 Å². The second-order valence-electron chi connectivity index (χ2n) is 3.10.